The lowest BCUT2D eigenvalue weighted by Gasteiger charge is -2.05. The topological polar surface area (TPSA) is 0 Å². The summed E-state index contributed by atoms with van der Waals surface area (Å²) in [6.45, 7) is 0. The van der Waals surface area contributed by atoms with Crippen molar-refractivity contribution in [1.29, 1.82) is 0 Å². The number of hydrogen-bond acceptors (Lipinski definition) is 0. The van der Waals surface area contributed by atoms with Gasteiger partial charge in [0.25, 0.3) is 0 Å². The minimum absolute atomic E-state index is 0.194. The molecule has 1 fully saturated rings. The Morgan fingerprint density at radius 3 is 1.00 bits per heavy atom. The van der Waals surface area contributed by atoms with E-state index in [0.29, 0.717) is 0 Å². The fourth-order valence-corrected chi connectivity index (χ4v) is 0.250. The zero-order chi connectivity index (χ0) is 5.54. The summed E-state index contributed by atoms with van der Waals surface area (Å²) in [5, 5.41) is 0.194. The Kier molecular flexibility index (Phi) is 7.13. The smallest absolute Gasteiger partial charge is 0.0967 e. The third kappa shape index (κ3) is 6.58. The molecule has 0 unspecified atom stereocenters. The molecule has 0 N–H and O–H groups in total. The van der Waals surface area contributed by atoms with Gasteiger partial charge in [-0.2, -0.15) is 0 Å². The Morgan fingerprint density at radius 1 is 0.857 bits per heavy atom. The Labute approximate surface area is 54.8 Å². The molecule has 7 heavy (non-hydrogen) atoms. The largest absolute Gasteiger partial charge is 0.109 e. The average molecular weight is 141 g/mol. The molecule has 44 valence electrons. The van der Waals surface area contributed by atoms with Crippen LogP contribution in [0.3, 0.4) is 0 Å². The number of halogens is 2. The van der Waals surface area contributed by atoms with Gasteiger partial charge in [0.05, 0.1) is 5.34 Å². The Morgan fingerprint density at radius 2 is 1.00 bits per heavy atom. The van der Waals surface area contributed by atoms with Gasteiger partial charge in [-0.05, 0) is 0 Å². The summed E-state index contributed by atoms with van der Waals surface area (Å²) in [4.78, 5) is 0. The first kappa shape index (κ1) is 7.58. The molecule has 2 heteroatoms. The van der Waals surface area contributed by atoms with Gasteiger partial charge in [-0.15, -0.1) is 23.2 Å². The van der Waals surface area contributed by atoms with Crippen LogP contribution in [0.1, 0.15) is 25.7 Å². The van der Waals surface area contributed by atoms with E-state index in [2.05, 4.69) is 0 Å². The van der Waals surface area contributed by atoms with E-state index in [-0.39, 0.29) is 5.34 Å². The van der Waals surface area contributed by atoms with Crippen LogP contribution in [0.15, 0.2) is 0 Å². The maximum Gasteiger partial charge on any atom is 0.0967 e. The minimum Gasteiger partial charge on any atom is -0.109 e. The molecule has 0 aliphatic heterocycles. The second kappa shape index (κ2) is 6.58. The molecule has 0 heterocycles. The van der Waals surface area contributed by atoms with E-state index in [1.807, 2.05) is 0 Å². The highest BCUT2D eigenvalue weighted by molar-refractivity contribution is 6.40. The summed E-state index contributed by atoms with van der Waals surface area (Å²) in [7, 11) is 0. The van der Waals surface area contributed by atoms with Crippen LogP contribution in [0.25, 0.3) is 0 Å². The van der Waals surface area contributed by atoms with Gasteiger partial charge in [0.1, 0.15) is 0 Å². The Balaban J connectivity index is 0.000000110. The summed E-state index contributed by atoms with van der Waals surface area (Å²) in [6.07, 6.45) is 6.00. The monoisotopic (exact) mass is 140 g/mol. The molecule has 1 saturated carbocycles. The fourth-order valence-electron chi connectivity index (χ4n) is 0.250. The van der Waals surface area contributed by atoms with E-state index in [1.54, 1.807) is 0 Å². The maximum absolute atomic E-state index is 4.76. The minimum atomic E-state index is 0.194. The van der Waals surface area contributed by atoms with E-state index in [0.717, 1.165) is 0 Å². The van der Waals surface area contributed by atoms with E-state index < -0.39 is 0 Å². The van der Waals surface area contributed by atoms with Crippen molar-refractivity contribution >= 4 is 23.2 Å². The van der Waals surface area contributed by atoms with Gasteiger partial charge in [-0.1, -0.05) is 25.7 Å². The lowest BCUT2D eigenvalue weighted by atomic mass is 10.0. The first-order chi connectivity index (χ1) is 3.41. The maximum atomic E-state index is 4.76. The molecule has 1 aliphatic rings. The summed E-state index contributed by atoms with van der Waals surface area (Å²) < 4.78 is 0. The van der Waals surface area contributed by atoms with Gasteiger partial charge < -0.3 is 0 Å². The first-order valence-electron chi connectivity index (χ1n) is 2.53. The van der Waals surface area contributed by atoms with Crippen LogP contribution >= 0.6 is 23.2 Å². The van der Waals surface area contributed by atoms with Crippen LogP contribution in [0.4, 0.5) is 0 Å². The standard InChI is InChI=1S/C4H8.CH2Cl2/c1-2-4-3-1;2-1-3/h1-4H2;1H2. The molecular weight excluding hydrogens is 131 g/mol. The van der Waals surface area contributed by atoms with Gasteiger partial charge in [0, 0.05) is 0 Å². The molecule has 0 aromatic carbocycles. The molecule has 0 spiro atoms. The van der Waals surface area contributed by atoms with Crippen LogP contribution in [0.2, 0.25) is 0 Å². The summed E-state index contributed by atoms with van der Waals surface area (Å²) >= 11 is 9.53. The van der Waals surface area contributed by atoms with Crippen molar-refractivity contribution in [3.05, 3.63) is 0 Å². The number of alkyl halides is 2. The first-order valence-corrected chi connectivity index (χ1v) is 3.60. The molecule has 1 aliphatic carbocycles. The quantitative estimate of drug-likeness (QED) is 0.455. The molecule has 0 amide bonds. The summed E-state index contributed by atoms with van der Waals surface area (Å²) in [6, 6.07) is 0. The van der Waals surface area contributed by atoms with Crippen LogP contribution in [-0.2, 0) is 0 Å². The van der Waals surface area contributed by atoms with Gasteiger partial charge in [-0.25, -0.2) is 0 Å². The normalized spacial score (nSPS) is 16.3. The lowest BCUT2D eigenvalue weighted by molar-refractivity contribution is 0.504. The van der Waals surface area contributed by atoms with Gasteiger partial charge in [0.15, 0.2) is 0 Å². The second-order valence-corrected chi connectivity index (χ2v) is 2.32. The fraction of sp³-hybridized carbons (Fsp3) is 1.00. The molecule has 1 rings (SSSR count). The van der Waals surface area contributed by atoms with Crippen molar-refractivity contribution in [2.24, 2.45) is 0 Å². The van der Waals surface area contributed by atoms with Crippen molar-refractivity contribution in [3.8, 4) is 0 Å². The van der Waals surface area contributed by atoms with Crippen molar-refractivity contribution in [1.82, 2.24) is 0 Å². The average Bonchev–Trinajstić information content (AvgIpc) is 1.27. The van der Waals surface area contributed by atoms with E-state index >= 15 is 0 Å². The van der Waals surface area contributed by atoms with E-state index in [1.165, 1.54) is 25.7 Å². The zero-order valence-electron chi connectivity index (χ0n) is 4.29. The Bertz CT molecular complexity index is 21.3. The van der Waals surface area contributed by atoms with E-state index in [9.17, 15) is 0 Å². The molecule has 0 atom stereocenters. The molecule has 0 bridgehead atoms. The molecular formula is C5H10Cl2. The summed E-state index contributed by atoms with van der Waals surface area (Å²) in [5.74, 6) is 0. The van der Waals surface area contributed by atoms with Crippen molar-refractivity contribution < 1.29 is 0 Å². The zero-order valence-corrected chi connectivity index (χ0v) is 5.80. The predicted molar refractivity (Wildman–Crippen MR) is 35.0 cm³/mol. The van der Waals surface area contributed by atoms with Crippen LogP contribution < -0.4 is 0 Å². The van der Waals surface area contributed by atoms with Crippen LogP contribution in [0, 0.1) is 0 Å². The van der Waals surface area contributed by atoms with Crippen LogP contribution in [-0.4, -0.2) is 5.34 Å². The van der Waals surface area contributed by atoms with Crippen molar-refractivity contribution in [2.75, 3.05) is 5.34 Å². The second-order valence-electron chi connectivity index (χ2n) is 1.52. The highest BCUT2D eigenvalue weighted by atomic mass is 35.5. The molecule has 0 nitrogen and oxygen atoms in total. The Hall–Kier alpha value is 0.580. The highest BCUT2D eigenvalue weighted by Crippen LogP contribution is 2.15. The van der Waals surface area contributed by atoms with Gasteiger partial charge >= 0.3 is 0 Å². The molecule has 0 saturated heterocycles. The third-order valence-corrected chi connectivity index (χ3v) is 1.000. The van der Waals surface area contributed by atoms with Gasteiger partial charge in [-0.3, -0.25) is 0 Å². The lowest BCUT2D eigenvalue weighted by Crippen LogP contribution is -1.85. The SMILES string of the molecule is C1CCC1.ClCCl. The molecule has 0 radical (unpaired) electrons. The predicted octanol–water partition coefficient (Wildman–Crippen LogP) is 2.98. The van der Waals surface area contributed by atoms with Crippen LogP contribution in [0.5, 0.6) is 0 Å². The molecule has 0 aromatic rings. The number of rotatable bonds is 0. The molecule has 0 aromatic heterocycles. The van der Waals surface area contributed by atoms with Gasteiger partial charge in [0.2, 0.25) is 0 Å². The summed E-state index contributed by atoms with van der Waals surface area (Å²) in [5.41, 5.74) is 0. The highest BCUT2D eigenvalue weighted by Gasteiger charge is 1.95. The van der Waals surface area contributed by atoms with Crippen molar-refractivity contribution in [2.45, 2.75) is 25.7 Å². The van der Waals surface area contributed by atoms with E-state index in [4.69, 9.17) is 23.2 Å². The number of hydrogen-bond donors (Lipinski definition) is 0. The third-order valence-electron chi connectivity index (χ3n) is 1.000. The van der Waals surface area contributed by atoms with Crippen molar-refractivity contribution in [3.63, 3.8) is 0 Å².